The number of hydrogen-bond acceptors (Lipinski definition) is 5. The fraction of sp³-hybridized carbons (Fsp3) is 0.500. The average molecular weight is 369 g/mol. The molecule has 0 heterocycles. The Morgan fingerprint density at radius 1 is 1.33 bits per heavy atom. The van der Waals surface area contributed by atoms with Crippen LogP contribution in [-0.4, -0.2) is 36.3 Å². The fourth-order valence-electron chi connectivity index (χ4n) is 3.08. The third kappa shape index (κ3) is 3.02. The third-order valence-electron chi connectivity index (χ3n) is 4.73. The topological polar surface area (TPSA) is 107 Å². The molecular formula is C16H17ClN2O4S. The van der Waals surface area contributed by atoms with Gasteiger partial charge < -0.3 is 10.4 Å². The number of nitrogens with one attached hydrogen (secondary N) is 1. The minimum Gasteiger partial charge on any atom is -0.392 e. The van der Waals surface area contributed by atoms with Gasteiger partial charge >= 0.3 is 0 Å². The predicted molar refractivity (Wildman–Crippen MR) is 86.9 cm³/mol. The molecule has 3 atom stereocenters. The first-order valence-corrected chi connectivity index (χ1v) is 9.61. The number of carbonyl (C=O) groups is 1. The molecule has 24 heavy (non-hydrogen) atoms. The van der Waals surface area contributed by atoms with Crippen molar-refractivity contribution in [1.82, 2.24) is 5.32 Å². The van der Waals surface area contributed by atoms with E-state index in [1.165, 1.54) is 12.1 Å². The summed E-state index contributed by atoms with van der Waals surface area (Å²) in [5.41, 5.74) is -0.837. The molecule has 1 aromatic carbocycles. The van der Waals surface area contributed by atoms with E-state index in [2.05, 4.69) is 5.32 Å². The fourth-order valence-corrected chi connectivity index (χ4v) is 5.42. The van der Waals surface area contributed by atoms with Gasteiger partial charge in [0.15, 0.2) is 9.84 Å². The summed E-state index contributed by atoms with van der Waals surface area (Å²) in [4.78, 5) is 12.3. The van der Waals surface area contributed by atoms with Crippen LogP contribution in [0.15, 0.2) is 29.2 Å². The highest BCUT2D eigenvalue weighted by Gasteiger charge is 2.49. The van der Waals surface area contributed by atoms with Gasteiger partial charge in [-0.05, 0) is 37.8 Å². The van der Waals surface area contributed by atoms with Gasteiger partial charge in [0.25, 0.3) is 0 Å². The van der Waals surface area contributed by atoms with E-state index in [1.54, 1.807) is 12.1 Å². The van der Waals surface area contributed by atoms with Crippen molar-refractivity contribution in [1.29, 1.82) is 5.26 Å². The maximum atomic E-state index is 12.7. The van der Waals surface area contributed by atoms with Crippen molar-refractivity contribution in [3.05, 3.63) is 29.3 Å². The minimum absolute atomic E-state index is 0.0145. The molecule has 2 aliphatic carbocycles. The molecule has 0 bridgehead atoms. The first-order valence-electron chi connectivity index (χ1n) is 7.69. The summed E-state index contributed by atoms with van der Waals surface area (Å²) < 4.78 is 25.5. The SMILES string of the molecule is N#CC1(NC(=O)C2CC(S(=O)(=O)c3ccccc3Cl)CC2O)CC1. The highest BCUT2D eigenvalue weighted by atomic mass is 35.5. The van der Waals surface area contributed by atoms with E-state index in [-0.39, 0.29) is 22.8 Å². The number of carbonyl (C=O) groups excluding carboxylic acids is 1. The van der Waals surface area contributed by atoms with E-state index in [4.69, 9.17) is 16.9 Å². The van der Waals surface area contributed by atoms with Crippen molar-refractivity contribution in [2.75, 3.05) is 0 Å². The summed E-state index contributed by atoms with van der Waals surface area (Å²) in [5.74, 6) is -1.29. The molecule has 0 spiro atoms. The Morgan fingerprint density at radius 3 is 2.58 bits per heavy atom. The number of halogens is 1. The lowest BCUT2D eigenvalue weighted by atomic mass is 10.0. The first-order chi connectivity index (χ1) is 11.3. The zero-order chi connectivity index (χ0) is 17.5. The molecule has 2 N–H and O–H groups in total. The van der Waals surface area contributed by atoms with Crippen molar-refractivity contribution in [3.63, 3.8) is 0 Å². The summed E-state index contributed by atoms with van der Waals surface area (Å²) in [6.07, 6.45) is 0.105. The Morgan fingerprint density at radius 2 is 2.00 bits per heavy atom. The number of aliphatic hydroxyl groups excluding tert-OH is 1. The van der Waals surface area contributed by atoms with Crippen LogP contribution in [0, 0.1) is 17.2 Å². The molecule has 0 aliphatic heterocycles. The van der Waals surface area contributed by atoms with Gasteiger partial charge in [-0.25, -0.2) is 8.42 Å². The van der Waals surface area contributed by atoms with Gasteiger partial charge in [-0.3, -0.25) is 4.79 Å². The van der Waals surface area contributed by atoms with Crippen LogP contribution in [0.4, 0.5) is 0 Å². The van der Waals surface area contributed by atoms with Gasteiger partial charge in [0.1, 0.15) is 5.54 Å². The second kappa shape index (κ2) is 6.03. The van der Waals surface area contributed by atoms with Crippen molar-refractivity contribution in [2.45, 2.75) is 47.5 Å². The molecule has 1 amide bonds. The smallest absolute Gasteiger partial charge is 0.227 e. The molecule has 128 valence electrons. The summed E-state index contributed by atoms with van der Waals surface area (Å²) in [6, 6.07) is 8.18. The maximum Gasteiger partial charge on any atom is 0.227 e. The highest BCUT2D eigenvalue weighted by Crippen LogP contribution is 2.39. The Bertz CT molecular complexity index is 814. The number of nitrogens with zero attached hydrogens (tertiary/aromatic N) is 1. The Kier molecular flexibility index (Phi) is 4.32. The molecule has 1 aromatic rings. The molecule has 2 fully saturated rings. The summed E-state index contributed by atoms with van der Waals surface area (Å²) in [5, 5.41) is 21.1. The quantitative estimate of drug-likeness (QED) is 0.835. The Labute approximate surface area is 145 Å². The molecule has 2 saturated carbocycles. The largest absolute Gasteiger partial charge is 0.392 e. The molecule has 0 saturated heterocycles. The first kappa shape index (κ1) is 17.2. The van der Waals surface area contributed by atoms with E-state index in [9.17, 15) is 18.3 Å². The van der Waals surface area contributed by atoms with Crippen molar-refractivity contribution in [2.24, 2.45) is 5.92 Å². The van der Waals surface area contributed by atoms with Crippen LogP contribution < -0.4 is 5.32 Å². The number of sulfone groups is 1. The summed E-state index contributed by atoms with van der Waals surface area (Å²) in [7, 11) is -3.74. The van der Waals surface area contributed by atoms with Gasteiger partial charge in [0.05, 0.1) is 33.3 Å². The van der Waals surface area contributed by atoms with Gasteiger partial charge in [-0.15, -0.1) is 0 Å². The lowest BCUT2D eigenvalue weighted by Gasteiger charge is -2.16. The van der Waals surface area contributed by atoms with Crippen LogP contribution in [0.5, 0.6) is 0 Å². The zero-order valence-corrected chi connectivity index (χ0v) is 14.3. The number of nitriles is 1. The second-order valence-corrected chi connectivity index (χ2v) is 9.03. The Balaban J connectivity index is 1.77. The van der Waals surface area contributed by atoms with E-state index in [0.717, 1.165) is 0 Å². The van der Waals surface area contributed by atoms with Crippen LogP contribution in [-0.2, 0) is 14.6 Å². The summed E-state index contributed by atoms with van der Waals surface area (Å²) in [6.45, 7) is 0. The zero-order valence-electron chi connectivity index (χ0n) is 12.8. The van der Waals surface area contributed by atoms with Gasteiger partial charge in [0, 0.05) is 0 Å². The number of aliphatic hydroxyl groups is 1. The number of rotatable bonds is 4. The normalized spacial score (nSPS) is 28.1. The lowest BCUT2D eigenvalue weighted by molar-refractivity contribution is -0.128. The third-order valence-corrected chi connectivity index (χ3v) is 7.40. The minimum atomic E-state index is -3.74. The standard InChI is InChI=1S/C16H17ClN2O4S/c17-12-3-1-2-4-14(12)24(22,23)10-7-11(13(20)8-10)15(21)19-16(9-18)5-6-16/h1-4,10-11,13,20H,5-8H2,(H,19,21). The number of hydrogen-bond donors (Lipinski definition) is 2. The molecule has 6 nitrogen and oxygen atoms in total. The molecule has 8 heteroatoms. The molecular weight excluding hydrogens is 352 g/mol. The Hall–Kier alpha value is -1.62. The maximum absolute atomic E-state index is 12.7. The van der Waals surface area contributed by atoms with E-state index >= 15 is 0 Å². The van der Waals surface area contributed by atoms with Crippen LogP contribution in [0.1, 0.15) is 25.7 Å². The van der Waals surface area contributed by atoms with Crippen LogP contribution in [0.3, 0.4) is 0 Å². The average Bonchev–Trinajstić information content (AvgIpc) is 3.19. The van der Waals surface area contributed by atoms with Crippen LogP contribution in [0.25, 0.3) is 0 Å². The number of benzene rings is 1. The highest BCUT2D eigenvalue weighted by molar-refractivity contribution is 7.92. The predicted octanol–water partition coefficient (Wildman–Crippen LogP) is 1.43. The van der Waals surface area contributed by atoms with E-state index < -0.39 is 38.6 Å². The molecule has 0 radical (unpaired) electrons. The number of amides is 1. The van der Waals surface area contributed by atoms with Crippen molar-refractivity contribution in [3.8, 4) is 6.07 Å². The van der Waals surface area contributed by atoms with E-state index in [1.807, 2.05) is 6.07 Å². The van der Waals surface area contributed by atoms with Crippen LogP contribution >= 0.6 is 11.6 Å². The van der Waals surface area contributed by atoms with Crippen LogP contribution in [0.2, 0.25) is 5.02 Å². The van der Waals surface area contributed by atoms with Gasteiger partial charge in [0.2, 0.25) is 5.91 Å². The van der Waals surface area contributed by atoms with Crippen molar-refractivity contribution < 1.29 is 18.3 Å². The van der Waals surface area contributed by atoms with E-state index in [0.29, 0.717) is 12.8 Å². The molecule has 2 aliphatic rings. The summed E-state index contributed by atoms with van der Waals surface area (Å²) >= 11 is 5.98. The van der Waals surface area contributed by atoms with Crippen molar-refractivity contribution >= 4 is 27.3 Å². The molecule has 3 unspecified atom stereocenters. The molecule has 0 aromatic heterocycles. The lowest BCUT2D eigenvalue weighted by Crippen LogP contribution is -2.42. The van der Waals surface area contributed by atoms with Gasteiger partial charge in [-0.1, -0.05) is 23.7 Å². The molecule has 3 rings (SSSR count). The monoisotopic (exact) mass is 368 g/mol. The second-order valence-electron chi connectivity index (χ2n) is 6.43. The van der Waals surface area contributed by atoms with Gasteiger partial charge in [-0.2, -0.15) is 5.26 Å².